The van der Waals surface area contributed by atoms with Crippen LogP contribution in [0.25, 0.3) is 0 Å². The van der Waals surface area contributed by atoms with Gasteiger partial charge in [0, 0.05) is 19.6 Å². The molecule has 0 atom stereocenters. The molecule has 0 amide bonds. The number of nitriles is 1. The normalized spacial score (nSPS) is 10.1. The second-order valence-corrected chi connectivity index (χ2v) is 3.77. The molecule has 0 aliphatic rings. The molecule has 0 saturated heterocycles. The minimum atomic E-state index is 0.114. The fourth-order valence-corrected chi connectivity index (χ4v) is 1.59. The number of rotatable bonds is 8. The van der Waals surface area contributed by atoms with Gasteiger partial charge >= 0.3 is 0 Å². The molecule has 1 aromatic rings. The number of hydrogen-bond acceptors (Lipinski definition) is 4. The summed E-state index contributed by atoms with van der Waals surface area (Å²) in [6.45, 7) is 6.25. The van der Waals surface area contributed by atoms with Crippen molar-refractivity contribution in [3.8, 4) is 11.8 Å². The van der Waals surface area contributed by atoms with E-state index >= 15 is 0 Å². The lowest BCUT2D eigenvalue weighted by Crippen LogP contribution is -2.31. The lowest BCUT2D eigenvalue weighted by atomic mass is 10.2. The molecule has 0 bridgehead atoms. The quantitative estimate of drug-likeness (QED) is 0.705. The third-order valence-corrected chi connectivity index (χ3v) is 2.48. The Morgan fingerprint density at radius 3 is 2.83 bits per heavy atom. The number of benzene rings is 1. The summed E-state index contributed by atoms with van der Waals surface area (Å²) < 4.78 is 5.57. The third-order valence-electron chi connectivity index (χ3n) is 2.48. The summed E-state index contributed by atoms with van der Waals surface area (Å²) in [7, 11) is 0. The molecule has 0 saturated carbocycles. The highest BCUT2D eigenvalue weighted by atomic mass is 16.5. The zero-order valence-electron chi connectivity index (χ0n) is 10.4. The minimum absolute atomic E-state index is 0.114. The Labute approximate surface area is 108 Å². The average molecular weight is 246 g/mol. The van der Waals surface area contributed by atoms with Crippen molar-refractivity contribution in [2.45, 2.75) is 0 Å². The summed E-state index contributed by atoms with van der Waals surface area (Å²) in [5, 5.41) is 17.8. The van der Waals surface area contributed by atoms with Crippen molar-refractivity contribution in [2.24, 2.45) is 0 Å². The van der Waals surface area contributed by atoms with Gasteiger partial charge in [0.25, 0.3) is 0 Å². The van der Waals surface area contributed by atoms with Crippen LogP contribution in [0.4, 0.5) is 0 Å². The first-order valence-electron chi connectivity index (χ1n) is 5.88. The first-order valence-corrected chi connectivity index (χ1v) is 5.88. The van der Waals surface area contributed by atoms with Crippen LogP contribution < -0.4 is 4.74 Å². The van der Waals surface area contributed by atoms with E-state index < -0.39 is 0 Å². The number of hydrogen-bond donors (Lipinski definition) is 1. The predicted octanol–water partition coefficient (Wildman–Crippen LogP) is 1.42. The Balaban J connectivity index is 2.45. The van der Waals surface area contributed by atoms with Gasteiger partial charge in [-0.25, -0.2) is 0 Å². The van der Waals surface area contributed by atoms with Crippen LogP contribution in [0.2, 0.25) is 0 Å². The highest BCUT2D eigenvalue weighted by Crippen LogP contribution is 2.16. The van der Waals surface area contributed by atoms with Crippen LogP contribution in [0.1, 0.15) is 5.56 Å². The van der Waals surface area contributed by atoms with E-state index in [1.54, 1.807) is 24.3 Å². The molecule has 0 aliphatic carbocycles. The molecule has 0 heterocycles. The molecular formula is C14H18N2O2. The van der Waals surface area contributed by atoms with Crippen molar-refractivity contribution >= 4 is 0 Å². The number of aliphatic hydroxyl groups excluding tert-OH is 1. The second-order valence-electron chi connectivity index (χ2n) is 3.77. The zero-order valence-corrected chi connectivity index (χ0v) is 10.4. The smallest absolute Gasteiger partial charge is 0.137 e. The van der Waals surface area contributed by atoms with Crippen molar-refractivity contribution in [1.29, 1.82) is 5.26 Å². The molecule has 0 radical (unpaired) electrons. The number of nitrogens with zero attached hydrogens (tertiary/aromatic N) is 2. The number of para-hydroxylation sites is 1. The maximum atomic E-state index is 8.91. The SMILES string of the molecule is C=CCN(CCO)CCOc1ccccc1C#N. The Morgan fingerprint density at radius 2 is 2.17 bits per heavy atom. The van der Waals surface area contributed by atoms with E-state index in [1.165, 1.54) is 0 Å². The van der Waals surface area contributed by atoms with Crippen LogP contribution in [-0.4, -0.2) is 42.9 Å². The molecule has 0 unspecified atom stereocenters. The topological polar surface area (TPSA) is 56.5 Å². The summed E-state index contributed by atoms with van der Waals surface area (Å²) in [6, 6.07) is 9.24. The highest BCUT2D eigenvalue weighted by molar-refractivity contribution is 5.42. The van der Waals surface area contributed by atoms with Crippen LogP contribution in [0.15, 0.2) is 36.9 Å². The summed E-state index contributed by atoms with van der Waals surface area (Å²) in [5.74, 6) is 0.600. The Bertz CT molecular complexity index is 413. The molecule has 4 heteroatoms. The lowest BCUT2D eigenvalue weighted by molar-refractivity contribution is 0.180. The molecule has 0 aromatic heterocycles. The molecule has 18 heavy (non-hydrogen) atoms. The van der Waals surface area contributed by atoms with Gasteiger partial charge in [-0.2, -0.15) is 5.26 Å². The largest absolute Gasteiger partial charge is 0.491 e. The first kappa shape index (κ1) is 14.2. The van der Waals surface area contributed by atoms with Crippen LogP contribution in [0.3, 0.4) is 0 Å². The molecule has 0 fully saturated rings. The molecule has 1 aromatic carbocycles. The molecule has 1 rings (SSSR count). The monoisotopic (exact) mass is 246 g/mol. The fourth-order valence-electron chi connectivity index (χ4n) is 1.59. The summed E-state index contributed by atoms with van der Waals surface area (Å²) in [6.07, 6.45) is 1.79. The van der Waals surface area contributed by atoms with Gasteiger partial charge in [0.15, 0.2) is 0 Å². The molecule has 4 nitrogen and oxygen atoms in total. The van der Waals surface area contributed by atoms with Crippen LogP contribution >= 0.6 is 0 Å². The van der Waals surface area contributed by atoms with Gasteiger partial charge in [-0.1, -0.05) is 18.2 Å². The predicted molar refractivity (Wildman–Crippen MR) is 70.4 cm³/mol. The van der Waals surface area contributed by atoms with Crippen molar-refractivity contribution in [1.82, 2.24) is 4.90 Å². The number of ether oxygens (including phenoxy) is 1. The maximum absolute atomic E-state index is 8.91. The van der Waals surface area contributed by atoms with Gasteiger partial charge < -0.3 is 9.84 Å². The van der Waals surface area contributed by atoms with E-state index in [-0.39, 0.29) is 6.61 Å². The van der Waals surface area contributed by atoms with Crippen molar-refractivity contribution in [3.05, 3.63) is 42.5 Å². The van der Waals surface area contributed by atoms with Gasteiger partial charge in [0.1, 0.15) is 18.4 Å². The average Bonchev–Trinajstić information content (AvgIpc) is 2.40. The van der Waals surface area contributed by atoms with Crippen LogP contribution in [0, 0.1) is 11.3 Å². The Morgan fingerprint density at radius 1 is 1.39 bits per heavy atom. The summed E-state index contributed by atoms with van der Waals surface area (Å²) in [4.78, 5) is 2.03. The van der Waals surface area contributed by atoms with Gasteiger partial charge in [-0.15, -0.1) is 6.58 Å². The van der Waals surface area contributed by atoms with E-state index in [4.69, 9.17) is 15.1 Å². The van der Waals surface area contributed by atoms with Gasteiger partial charge in [-0.05, 0) is 12.1 Å². The van der Waals surface area contributed by atoms with Gasteiger partial charge in [0.05, 0.1) is 12.2 Å². The molecule has 0 aliphatic heterocycles. The molecule has 0 spiro atoms. The van der Waals surface area contributed by atoms with E-state index in [2.05, 4.69) is 12.6 Å². The van der Waals surface area contributed by atoms with E-state index in [1.807, 2.05) is 11.0 Å². The Hall–Kier alpha value is -1.83. The standard InChI is InChI=1S/C14H18N2O2/c1-2-7-16(8-10-17)9-11-18-14-6-4-3-5-13(14)12-15/h2-6,17H,1,7-11H2. The molecule has 1 N–H and O–H groups in total. The van der Waals surface area contributed by atoms with Crippen LogP contribution in [-0.2, 0) is 0 Å². The second kappa shape index (κ2) is 8.29. The zero-order chi connectivity index (χ0) is 13.2. The number of aliphatic hydroxyl groups is 1. The Kier molecular flexibility index (Phi) is 6.55. The summed E-state index contributed by atoms with van der Waals surface area (Å²) in [5.41, 5.74) is 0.537. The highest BCUT2D eigenvalue weighted by Gasteiger charge is 2.04. The van der Waals surface area contributed by atoms with Gasteiger partial charge in [-0.3, -0.25) is 4.90 Å². The van der Waals surface area contributed by atoms with E-state index in [0.29, 0.717) is 37.6 Å². The third kappa shape index (κ3) is 4.58. The fraction of sp³-hybridized carbons (Fsp3) is 0.357. The van der Waals surface area contributed by atoms with Crippen molar-refractivity contribution in [2.75, 3.05) is 32.8 Å². The van der Waals surface area contributed by atoms with Crippen molar-refractivity contribution < 1.29 is 9.84 Å². The van der Waals surface area contributed by atoms with Crippen molar-refractivity contribution in [3.63, 3.8) is 0 Å². The van der Waals surface area contributed by atoms with Crippen LogP contribution in [0.5, 0.6) is 5.75 Å². The maximum Gasteiger partial charge on any atom is 0.137 e. The molecule has 96 valence electrons. The minimum Gasteiger partial charge on any atom is -0.491 e. The van der Waals surface area contributed by atoms with E-state index in [0.717, 1.165) is 0 Å². The van der Waals surface area contributed by atoms with Gasteiger partial charge in [0.2, 0.25) is 0 Å². The lowest BCUT2D eigenvalue weighted by Gasteiger charge is -2.19. The molecular weight excluding hydrogens is 228 g/mol. The first-order chi connectivity index (χ1) is 8.81. The van der Waals surface area contributed by atoms with E-state index in [9.17, 15) is 0 Å². The summed E-state index contributed by atoms with van der Waals surface area (Å²) >= 11 is 0.